The first-order valence-corrected chi connectivity index (χ1v) is 7.78. The maximum absolute atomic E-state index is 13.7. The zero-order chi connectivity index (χ0) is 14.9. The van der Waals surface area contributed by atoms with Crippen molar-refractivity contribution in [2.45, 2.75) is 11.8 Å². The molecule has 0 aliphatic rings. The molecule has 0 aliphatic heterocycles. The summed E-state index contributed by atoms with van der Waals surface area (Å²) >= 11 is 11.5. The summed E-state index contributed by atoms with van der Waals surface area (Å²) in [7, 11) is -3.92. The number of benzene rings is 2. The van der Waals surface area contributed by atoms with Crippen LogP contribution in [0, 0.1) is 12.7 Å². The highest BCUT2D eigenvalue weighted by atomic mass is 35.5. The standard InChI is InChI=1S/C13H10Cl2FNO2S/c1-8-5-6-9(7-11(8)15)20(18,19)17-12-4-2-3-10(14)13(12)16/h2-7,17H,1H3. The lowest BCUT2D eigenvalue weighted by molar-refractivity contribution is 0.598. The second-order valence-corrected chi connectivity index (χ2v) is 6.61. The average molecular weight is 334 g/mol. The van der Waals surface area contributed by atoms with Gasteiger partial charge in [-0.05, 0) is 36.8 Å². The van der Waals surface area contributed by atoms with Crippen LogP contribution in [-0.2, 0) is 10.0 Å². The Morgan fingerprint density at radius 3 is 2.45 bits per heavy atom. The van der Waals surface area contributed by atoms with E-state index in [1.54, 1.807) is 13.0 Å². The Morgan fingerprint density at radius 1 is 1.10 bits per heavy atom. The molecule has 0 amide bonds. The zero-order valence-electron chi connectivity index (χ0n) is 10.3. The van der Waals surface area contributed by atoms with Gasteiger partial charge in [0.1, 0.15) is 0 Å². The summed E-state index contributed by atoms with van der Waals surface area (Å²) in [6, 6.07) is 8.34. The highest BCUT2D eigenvalue weighted by molar-refractivity contribution is 7.92. The van der Waals surface area contributed by atoms with Crippen molar-refractivity contribution in [3.8, 4) is 0 Å². The molecule has 2 rings (SSSR count). The topological polar surface area (TPSA) is 46.2 Å². The smallest absolute Gasteiger partial charge is 0.262 e. The molecule has 0 aliphatic carbocycles. The fourth-order valence-electron chi connectivity index (χ4n) is 1.53. The van der Waals surface area contributed by atoms with Crippen LogP contribution in [-0.4, -0.2) is 8.42 Å². The summed E-state index contributed by atoms with van der Waals surface area (Å²) in [4.78, 5) is -0.0486. The van der Waals surface area contributed by atoms with Gasteiger partial charge in [-0.25, -0.2) is 12.8 Å². The van der Waals surface area contributed by atoms with Crippen molar-refractivity contribution >= 4 is 38.9 Å². The highest BCUT2D eigenvalue weighted by Crippen LogP contribution is 2.26. The molecule has 0 saturated heterocycles. The lowest BCUT2D eigenvalue weighted by Gasteiger charge is -2.10. The van der Waals surface area contributed by atoms with E-state index in [-0.39, 0.29) is 15.6 Å². The van der Waals surface area contributed by atoms with E-state index in [4.69, 9.17) is 23.2 Å². The summed E-state index contributed by atoms with van der Waals surface area (Å²) in [6.45, 7) is 1.75. The van der Waals surface area contributed by atoms with Gasteiger partial charge in [-0.1, -0.05) is 35.3 Å². The second kappa shape index (κ2) is 5.60. The average Bonchev–Trinajstić information content (AvgIpc) is 2.38. The third kappa shape index (κ3) is 3.06. The first kappa shape index (κ1) is 15.1. The van der Waals surface area contributed by atoms with Crippen molar-refractivity contribution in [1.29, 1.82) is 0 Å². The number of hydrogen-bond donors (Lipinski definition) is 1. The van der Waals surface area contributed by atoms with Crippen molar-refractivity contribution in [2.75, 3.05) is 4.72 Å². The van der Waals surface area contributed by atoms with E-state index in [0.29, 0.717) is 5.02 Å². The SMILES string of the molecule is Cc1ccc(S(=O)(=O)Nc2cccc(Cl)c2F)cc1Cl. The van der Waals surface area contributed by atoms with E-state index < -0.39 is 15.8 Å². The summed E-state index contributed by atoms with van der Waals surface area (Å²) in [5.74, 6) is -0.823. The van der Waals surface area contributed by atoms with E-state index in [1.807, 2.05) is 0 Å². The number of anilines is 1. The van der Waals surface area contributed by atoms with E-state index in [1.165, 1.54) is 30.3 Å². The molecule has 0 bridgehead atoms. The van der Waals surface area contributed by atoms with Gasteiger partial charge in [-0.15, -0.1) is 0 Å². The van der Waals surface area contributed by atoms with Crippen LogP contribution in [0.1, 0.15) is 5.56 Å². The van der Waals surface area contributed by atoms with Crippen LogP contribution in [0.5, 0.6) is 0 Å². The first-order valence-electron chi connectivity index (χ1n) is 5.54. The fourth-order valence-corrected chi connectivity index (χ4v) is 3.03. The fraction of sp³-hybridized carbons (Fsp3) is 0.0769. The van der Waals surface area contributed by atoms with Crippen molar-refractivity contribution in [2.24, 2.45) is 0 Å². The number of halogens is 3. The van der Waals surface area contributed by atoms with E-state index >= 15 is 0 Å². The van der Waals surface area contributed by atoms with E-state index in [2.05, 4.69) is 4.72 Å². The van der Waals surface area contributed by atoms with Crippen LogP contribution in [0.4, 0.5) is 10.1 Å². The van der Waals surface area contributed by atoms with Gasteiger partial charge in [0.15, 0.2) is 5.82 Å². The molecule has 3 nitrogen and oxygen atoms in total. The molecular weight excluding hydrogens is 324 g/mol. The van der Waals surface area contributed by atoms with Gasteiger partial charge < -0.3 is 0 Å². The molecule has 0 fully saturated rings. The van der Waals surface area contributed by atoms with Crippen LogP contribution in [0.25, 0.3) is 0 Å². The molecule has 0 aromatic heterocycles. The van der Waals surface area contributed by atoms with Crippen molar-refractivity contribution in [1.82, 2.24) is 0 Å². The van der Waals surface area contributed by atoms with Crippen molar-refractivity contribution < 1.29 is 12.8 Å². The number of hydrogen-bond acceptors (Lipinski definition) is 2. The van der Waals surface area contributed by atoms with Crippen molar-refractivity contribution in [3.05, 3.63) is 57.8 Å². The molecule has 1 N–H and O–H groups in total. The van der Waals surface area contributed by atoms with Crippen molar-refractivity contribution in [3.63, 3.8) is 0 Å². The zero-order valence-corrected chi connectivity index (χ0v) is 12.7. The largest absolute Gasteiger partial charge is 0.277 e. The number of nitrogens with one attached hydrogen (secondary N) is 1. The summed E-state index contributed by atoms with van der Waals surface area (Å²) < 4.78 is 40.1. The van der Waals surface area contributed by atoms with Crippen LogP contribution < -0.4 is 4.72 Å². The molecule has 0 spiro atoms. The molecule has 2 aromatic carbocycles. The summed E-state index contributed by atoms with van der Waals surface area (Å²) in [5, 5.41) is 0.159. The molecule has 0 atom stereocenters. The Morgan fingerprint density at radius 2 is 1.80 bits per heavy atom. The van der Waals surface area contributed by atoms with Gasteiger partial charge in [-0.3, -0.25) is 4.72 Å². The van der Waals surface area contributed by atoms with Crippen LogP contribution in [0.2, 0.25) is 10.0 Å². The molecule has 0 unspecified atom stereocenters. The molecule has 106 valence electrons. The Bertz CT molecular complexity index is 763. The van der Waals surface area contributed by atoms with Gasteiger partial charge in [0.2, 0.25) is 0 Å². The number of sulfonamides is 1. The van der Waals surface area contributed by atoms with E-state index in [9.17, 15) is 12.8 Å². The highest BCUT2D eigenvalue weighted by Gasteiger charge is 2.18. The monoisotopic (exact) mass is 333 g/mol. The Kier molecular flexibility index (Phi) is 4.22. The van der Waals surface area contributed by atoms with Crippen LogP contribution in [0.3, 0.4) is 0 Å². The quantitative estimate of drug-likeness (QED) is 0.912. The van der Waals surface area contributed by atoms with Gasteiger partial charge in [0, 0.05) is 5.02 Å². The molecule has 0 heterocycles. The molecule has 0 radical (unpaired) electrons. The predicted octanol–water partition coefficient (Wildman–Crippen LogP) is 4.24. The van der Waals surface area contributed by atoms with E-state index in [0.717, 1.165) is 5.56 Å². The Labute approximate surface area is 126 Å². The van der Waals surface area contributed by atoms with Gasteiger partial charge in [-0.2, -0.15) is 0 Å². The molecular formula is C13H10Cl2FNO2S. The maximum Gasteiger partial charge on any atom is 0.262 e. The van der Waals surface area contributed by atoms with Gasteiger partial charge >= 0.3 is 0 Å². The van der Waals surface area contributed by atoms with Crippen LogP contribution in [0.15, 0.2) is 41.3 Å². The maximum atomic E-state index is 13.7. The van der Waals surface area contributed by atoms with Crippen LogP contribution >= 0.6 is 23.2 Å². The molecule has 7 heteroatoms. The minimum absolute atomic E-state index is 0.0486. The summed E-state index contributed by atoms with van der Waals surface area (Å²) in [5.41, 5.74) is 0.536. The Hall–Kier alpha value is -1.30. The Balaban J connectivity index is 2.41. The third-order valence-corrected chi connectivity index (χ3v) is 4.71. The third-order valence-electron chi connectivity index (χ3n) is 2.65. The lowest BCUT2D eigenvalue weighted by atomic mass is 10.2. The van der Waals surface area contributed by atoms with Gasteiger partial charge in [0.05, 0.1) is 15.6 Å². The first-order chi connectivity index (χ1) is 9.31. The minimum Gasteiger partial charge on any atom is -0.277 e. The predicted molar refractivity (Wildman–Crippen MR) is 78.4 cm³/mol. The summed E-state index contributed by atoms with van der Waals surface area (Å²) in [6.07, 6.45) is 0. The molecule has 20 heavy (non-hydrogen) atoms. The minimum atomic E-state index is -3.92. The molecule has 2 aromatic rings. The number of rotatable bonds is 3. The normalized spacial score (nSPS) is 11.4. The van der Waals surface area contributed by atoms with Gasteiger partial charge in [0.25, 0.3) is 10.0 Å². The molecule has 0 saturated carbocycles. The number of aryl methyl sites for hydroxylation is 1. The lowest BCUT2D eigenvalue weighted by Crippen LogP contribution is -2.14. The second-order valence-electron chi connectivity index (χ2n) is 4.12.